The third kappa shape index (κ3) is 6.81. The molecule has 0 saturated carbocycles. The summed E-state index contributed by atoms with van der Waals surface area (Å²) in [4.78, 5) is 23.4. The minimum atomic E-state index is -0.935. The predicted octanol–water partition coefficient (Wildman–Crippen LogP) is 2.69. The Hall–Kier alpha value is -2.01. The molecule has 0 aromatic heterocycles. The number of ether oxygens (including phenoxy) is 1. The molecule has 21 heavy (non-hydrogen) atoms. The Morgan fingerprint density at radius 2 is 1.95 bits per heavy atom. The number of rotatable bonds is 7. The van der Waals surface area contributed by atoms with Crippen molar-refractivity contribution in [2.24, 2.45) is 0 Å². The molecule has 114 valence electrons. The van der Waals surface area contributed by atoms with E-state index in [4.69, 9.17) is 21.4 Å². The Morgan fingerprint density at radius 1 is 1.33 bits per heavy atom. The standard InChI is InChI=1S/C15H18ClNO4/c1-11(18)21-10-14(7-8-15(19)20)17(2)9-12-3-5-13(16)6-4-12/h3-7H,8-10H2,1-2H3,(H,19,20)/b14-7-. The average molecular weight is 312 g/mol. The van der Waals surface area contributed by atoms with Crippen molar-refractivity contribution in [3.8, 4) is 0 Å². The van der Waals surface area contributed by atoms with Crippen molar-refractivity contribution < 1.29 is 19.4 Å². The normalized spacial score (nSPS) is 11.1. The minimum absolute atomic E-state index is 0.0483. The van der Waals surface area contributed by atoms with E-state index >= 15 is 0 Å². The molecular weight excluding hydrogens is 294 g/mol. The van der Waals surface area contributed by atoms with Crippen LogP contribution in [0.5, 0.6) is 0 Å². The van der Waals surface area contributed by atoms with E-state index in [9.17, 15) is 9.59 Å². The molecule has 1 N–H and O–H groups in total. The second kappa shape index (κ2) is 8.32. The smallest absolute Gasteiger partial charge is 0.307 e. The summed E-state index contributed by atoms with van der Waals surface area (Å²) >= 11 is 5.83. The molecule has 0 amide bonds. The van der Waals surface area contributed by atoms with Crippen molar-refractivity contribution in [2.45, 2.75) is 19.9 Å². The van der Waals surface area contributed by atoms with E-state index in [0.29, 0.717) is 17.3 Å². The lowest BCUT2D eigenvalue weighted by Gasteiger charge is -2.22. The predicted molar refractivity (Wildman–Crippen MR) is 79.9 cm³/mol. The van der Waals surface area contributed by atoms with E-state index in [2.05, 4.69) is 0 Å². The number of hydrogen-bond donors (Lipinski definition) is 1. The number of esters is 1. The molecule has 5 nitrogen and oxygen atoms in total. The van der Waals surface area contributed by atoms with Gasteiger partial charge in [-0.15, -0.1) is 0 Å². The molecule has 1 aromatic carbocycles. The zero-order valence-corrected chi connectivity index (χ0v) is 12.8. The fraction of sp³-hybridized carbons (Fsp3) is 0.333. The number of nitrogens with zero attached hydrogens (tertiary/aromatic N) is 1. The Morgan fingerprint density at radius 3 is 2.48 bits per heavy atom. The van der Waals surface area contributed by atoms with Gasteiger partial charge in [-0.3, -0.25) is 9.59 Å². The molecule has 0 heterocycles. The van der Waals surface area contributed by atoms with Crippen LogP contribution >= 0.6 is 11.6 Å². The van der Waals surface area contributed by atoms with E-state index in [1.165, 1.54) is 6.92 Å². The van der Waals surface area contributed by atoms with Gasteiger partial charge >= 0.3 is 11.9 Å². The van der Waals surface area contributed by atoms with Crippen LogP contribution in [0.3, 0.4) is 0 Å². The van der Waals surface area contributed by atoms with Crippen LogP contribution in [0.15, 0.2) is 36.0 Å². The summed E-state index contributed by atoms with van der Waals surface area (Å²) in [6.07, 6.45) is 1.42. The lowest BCUT2D eigenvalue weighted by atomic mass is 10.2. The number of carbonyl (C=O) groups is 2. The highest BCUT2D eigenvalue weighted by Gasteiger charge is 2.09. The first kappa shape index (κ1) is 17.0. The molecule has 1 aromatic rings. The number of aliphatic carboxylic acids is 1. The summed E-state index contributed by atoms with van der Waals surface area (Å²) in [6, 6.07) is 7.35. The molecular formula is C15H18ClNO4. The van der Waals surface area contributed by atoms with Gasteiger partial charge in [-0.2, -0.15) is 0 Å². The Labute approximate surface area is 128 Å². The van der Waals surface area contributed by atoms with Gasteiger partial charge in [-0.05, 0) is 17.7 Å². The molecule has 1 rings (SSSR count). The first-order valence-corrected chi connectivity index (χ1v) is 6.76. The third-order valence-electron chi connectivity index (χ3n) is 2.76. The van der Waals surface area contributed by atoms with Gasteiger partial charge in [0.15, 0.2) is 0 Å². The molecule has 0 fully saturated rings. The van der Waals surface area contributed by atoms with Crippen LogP contribution in [0, 0.1) is 0 Å². The average Bonchev–Trinajstić information content (AvgIpc) is 2.40. The zero-order valence-electron chi connectivity index (χ0n) is 12.0. The van der Waals surface area contributed by atoms with Gasteiger partial charge in [0.1, 0.15) is 6.61 Å². The fourth-order valence-corrected chi connectivity index (χ4v) is 1.80. The highest BCUT2D eigenvalue weighted by atomic mass is 35.5. The van der Waals surface area contributed by atoms with Gasteiger partial charge in [0.05, 0.1) is 6.42 Å². The first-order chi connectivity index (χ1) is 9.88. The Balaban J connectivity index is 2.75. The van der Waals surface area contributed by atoms with Gasteiger partial charge in [-0.1, -0.05) is 29.8 Å². The van der Waals surface area contributed by atoms with Crippen molar-refractivity contribution in [3.05, 3.63) is 46.6 Å². The van der Waals surface area contributed by atoms with Crippen molar-refractivity contribution >= 4 is 23.5 Å². The van der Waals surface area contributed by atoms with E-state index in [-0.39, 0.29) is 13.0 Å². The van der Waals surface area contributed by atoms with Gasteiger partial charge in [0.25, 0.3) is 0 Å². The van der Waals surface area contributed by atoms with Crippen molar-refractivity contribution in [3.63, 3.8) is 0 Å². The third-order valence-corrected chi connectivity index (χ3v) is 3.01. The molecule has 0 aliphatic heterocycles. The van der Waals surface area contributed by atoms with Crippen LogP contribution in [0.2, 0.25) is 5.02 Å². The molecule has 0 aliphatic rings. The molecule has 6 heteroatoms. The van der Waals surface area contributed by atoms with Crippen LogP contribution < -0.4 is 0 Å². The minimum Gasteiger partial charge on any atom is -0.481 e. The number of hydrogen-bond acceptors (Lipinski definition) is 4. The maximum absolute atomic E-state index is 10.9. The van der Waals surface area contributed by atoms with E-state index < -0.39 is 11.9 Å². The Bertz CT molecular complexity index is 525. The SMILES string of the molecule is CC(=O)OC/C(=C/CC(=O)O)N(C)Cc1ccc(Cl)cc1. The zero-order chi connectivity index (χ0) is 15.8. The number of carboxylic acid groups (broad SMARTS) is 1. The van der Waals surface area contributed by atoms with E-state index in [1.54, 1.807) is 18.2 Å². The Kier molecular flexibility index (Phi) is 6.75. The quantitative estimate of drug-likeness (QED) is 0.784. The summed E-state index contributed by atoms with van der Waals surface area (Å²) < 4.78 is 4.95. The summed E-state index contributed by atoms with van der Waals surface area (Å²) in [6.45, 7) is 1.92. The largest absolute Gasteiger partial charge is 0.481 e. The highest BCUT2D eigenvalue weighted by Crippen LogP contribution is 2.14. The number of likely N-dealkylation sites (N-methyl/N-ethyl adjacent to an activating group) is 1. The first-order valence-electron chi connectivity index (χ1n) is 6.38. The van der Waals surface area contributed by atoms with Gasteiger partial charge < -0.3 is 14.7 Å². The van der Waals surface area contributed by atoms with Crippen molar-refractivity contribution in [1.29, 1.82) is 0 Å². The molecule has 0 aliphatic carbocycles. The van der Waals surface area contributed by atoms with Crippen LogP contribution in [0.4, 0.5) is 0 Å². The number of carboxylic acids is 1. The molecule has 0 radical (unpaired) electrons. The highest BCUT2D eigenvalue weighted by molar-refractivity contribution is 6.30. The lowest BCUT2D eigenvalue weighted by molar-refractivity contribution is -0.140. The van der Waals surface area contributed by atoms with E-state index in [1.807, 2.05) is 24.1 Å². The fourth-order valence-electron chi connectivity index (χ4n) is 1.67. The number of halogens is 1. The van der Waals surface area contributed by atoms with Crippen molar-refractivity contribution in [2.75, 3.05) is 13.7 Å². The molecule has 0 unspecified atom stereocenters. The lowest BCUT2D eigenvalue weighted by Crippen LogP contribution is -2.22. The molecule has 0 atom stereocenters. The van der Waals surface area contributed by atoms with Gasteiger partial charge in [-0.25, -0.2) is 0 Å². The number of carbonyl (C=O) groups excluding carboxylic acids is 1. The molecule has 0 saturated heterocycles. The van der Waals surface area contributed by atoms with Crippen molar-refractivity contribution in [1.82, 2.24) is 4.90 Å². The van der Waals surface area contributed by atoms with Gasteiger partial charge in [0.2, 0.25) is 0 Å². The maximum Gasteiger partial charge on any atom is 0.307 e. The maximum atomic E-state index is 10.9. The van der Waals surface area contributed by atoms with Crippen LogP contribution in [-0.4, -0.2) is 35.6 Å². The second-order valence-corrected chi connectivity index (χ2v) is 4.99. The van der Waals surface area contributed by atoms with Crippen LogP contribution in [0.1, 0.15) is 18.9 Å². The summed E-state index contributed by atoms with van der Waals surface area (Å²) in [5, 5.41) is 9.41. The molecule has 0 bridgehead atoms. The van der Waals surface area contributed by atoms with E-state index in [0.717, 1.165) is 5.56 Å². The second-order valence-electron chi connectivity index (χ2n) is 4.56. The summed E-state index contributed by atoms with van der Waals surface area (Å²) in [5.74, 6) is -1.34. The molecule has 0 spiro atoms. The van der Waals surface area contributed by atoms with Crippen LogP contribution in [0.25, 0.3) is 0 Å². The number of benzene rings is 1. The van der Waals surface area contributed by atoms with Crippen LogP contribution in [-0.2, 0) is 20.9 Å². The topological polar surface area (TPSA) is 66.8 Å². The summed E-state index contributed by atoms with van der Waals surface area (Å²) in [5.41, 5.74) is 1.66. The summed E-state index contributed by atoms with van der Waals surface area (Å²) in [7, 11) is 1.81. The van der Waals surface area contributed by atoms with Gasteiger partial charge in [0, 0.05) is 31.2 Å². The monoisotopic (exact) mass is 311 g/mol.